The van der Waals surface area contributed by atoms with E-state index in [-0.39, 0.29) is 17.3 Å². The van der Waals surface area contributed by atoms with Crippen LogP contribution in [0.3, 0.4) is 0 Å². The minimum Gasteiger partial charge on any atom is -0.494 e. The van der Waals surface area contributed by atoms with Gasteiger partial charge in [0.2, 0.25) is 5.91 Å². The molecule has 1 heterocycles. The molecular weight excluding hydrogens is 317 g/mol. The van der Waals surface area contributed by atoms with Crippen LogP contribution >= 0.6 is 0 Å². The van der Waals surface area contributed by atoms with Crippen LogP contribution in [0.2, 0.25) is 0 Å². The molecule has 0 unspecified atom stereocenters. The number of carbonyl (C=O) groups excluding carboxylic acids is 1. The number of ether oxygens (including phenoxy) is 1. The highest BCUT2D eigenvalue weighted by atomic mass is 19.1. The number of piperazine rings is 1. The second kappa shape index (κ2) is 6.62. The summed E-state index contributed by atoms with van der Waals surface area (Å²) in [6, 6.07) is 2.22. The average molecular weight is 339 g/mol. The Morgan fingerprint density at radius 2 is 1.83 bits per heavy atom. The first-order valence-corrected chi connectivity index (χ1v) is 7.71. The summed E-state index contributed by atoms with van der Waals surface area (Å²) >= 11 is 0. The topological polar surface area (TPSA) is 75.9 Å². The van der Waals surface area contributed by atoms with Crippen molar-refractivity contribution in [2.75, 3.05) is 38.2 Å². The molecule has 1 fully saturated rings. The third kappa shape index (κ3) is 3.58. The molecule has 7 nitrogen and oxygen atoms in total. The van der Waals surface area contributed by atoms with Crippen molar-refractivity contribution in [2.45, 2.75) is 20.8 Å². The Morgan fingerprint density at radius 1 is 1.25 bits per heavy atom. The summed E-state index contributed by atoms with van der Waals surface area (Å²) < 4.78 is 18.7. The molecule has 0 aromatic heterocycles. The number of amides is 1. The lowest BCUT2D eigenvalue weighted by molar-refractivity contribution is -0.384. The maximum absolute atomic E-state index is 13.8. The molecule has 0 N–H and O–H groups in total. The Balaban J connectivity index is 2.22. The van der Waals surface area contributed by atoms with E-state index in [1.807, 2.05) is 20.8 Å². The van der Waals surface area contributed by atoms with Gasteiger partial charge in [-0.05, 0) is 0 Å². The number of rotatable bonds is 3. The smallest absolute Gasteiger partial charge is 0.295 e. The number of anilines is 1. The highest BCUT2D eigenvalue weighted by molar-refractivity contribution is 5.82. The number of nitro benzene ring substituents is 1. The molecule has 2 rings (SSSR count). The van der Waals surface area contributed by atoms with Crippen molar-refractivity contribution in [3.05, 3.63) is 28.1 Å². The second-order valence-corrected chi connectivity index (χ2v) is 6.76. The summed E-state index contributed by atoms with van der Waals surface area (Å²) in [4.78, 5) is 26.5. The third-order valence-electron chi connectivity index (χ3n) is 3.99. The van der Waals surface area contributed by atoms with Gasteiger partial charge in [0.15, 0.2) is 11.6 Å². The first-order chi connectivity index (χ1) is 11.1. The van der Waals surface area contributed by atoms with Crippen molar-refractivity contribution in [3.8, 4) is 5.75 Å². The van der Waals surface area contributed by atoms with Gasteiger partial charge in [-0.3, -0.25) is 14.9 Å². The SMILES string of the molecule is COc1cc(N2CCN(C(=O)C(C)(C)C)CC2)c([N+](=O)[O-])cc1F. The highest BCUT2D eigenvalue weighted by Gasteiger charge is 2.32. The number of carbonyl (C=O) groups is 1. The third-order valence-corrected chi connectivity index (χ3v) is 3.99. The molecular formula is C16H22FN3O4. The van der Waals surface area contributed by atoms with E-state index in [0.29, 0.717) is 31.9 Å². The molecule has 132 valence electrons. The molecule has 1 aliphatic rings. The van der Waals surface area contributed by atoms with Gasteiger partial charge < -0.3 is 14.5 Å². The van der Waals surface area contributed by atoms with Crippen molar-refractivity contribution in [1.29, 1.82) is 0 Å². The zero-order valence-electron chi connectivity index (χ0n) is 14.3. The zero-order chi connectivity index (χ0) is 18.1. The lowest BCUT2D eigenvalue weighted by atomic mass is 9.94. The molecule has 0 radical (unpaired) electrons. The van der Waals surface area contributed by atoms with Crippen molar-refractivity contribution in [1.82, 2.24) is 4.90 Å². The van der Waals surface area contributed by atoms with Gasteiger partial charge in [-0.25, -0.2) is 4.39 Å². The van der Waals surface area contributed by atoms with E-state index in [1.165, 1.54) is 13.2 Å². The monoisotopic (exact) mass is 339 g/mol. The molecule has 8 heteroatoms. The van der Waals surface area contributed by atoms with Crippen molar-refractivity contribution < 1.29 is 18.8 Å². The fourth-order valence-electron chi connectivity index (χ4n) is 2.71. The normalized spacial score (nSPS) is 15.4. The van der Waals surface area contributed by atoms with Gasteiger partial charge in [0, 0.05) is 37.7 Å². The van der Waals surface area contributed by atoms with Gasteiger partial charge in [0.25, 0.3) is 5.69 Å². The molecule has 24 heavy (non-hydrogen) atoms. The average Bonchev–Trinajstić information content (AvgIpc) is 2.53. The first kappa shape index (κ1) is 18.0. The number of hydrogen-bond donors (Lipinski definition) is 0. The molecule has 0 saturated carbocycles. The van der Waals surface area contributed by atoms with Crippen LogP contribution in [0.1, 0.15) is 20.8 Å². The maximum atomic E-state index is 13.8. The lowest BCUT2D eigenvalue weighted by Crippen LogP contribution is -2.51. The highest BCUT2D eigenvalue weighted by Crippen LogP contribution is 2.35. The van der Waals surface area contributed by atoms with Crippen LogP contribution in [0, 0.1) is 21.3 Å². The maximum Gasteiger partial charge on any atom is 0.295 e. The fourth-order valence-corrected chi connectivity index (χ4v) is 2.71. The van der Waals surface area contributed by atoms with Crippen molar-refractivity contribution in [2.24, 2.45) is 5.41 Å². The number of benzene rings is 1. The number of nitrogens with zero attached hydrogens (tertiary/aromatic N) is 3. The Kier molecular flexibility index (Phi) is 4.96. The van der Waals surface area contributed by atoms with Crippen LogP contribution in [0.5, 0.6) is 5.75 Å². The van der Waals surface area contributed by atoms with Gasteiger partial charge in [0.05, 0.1) is 18.1 Å². The van der Waals surface area contributed by atoms with Crippen molar-refractivity contribution in [3.63, 3.8) is 0 Å². The largest absolute Gasteiger partial charge is 0.494 e. The number of nitro groups is 1. The van der Waals surface area contributed by atoms with Crippen LogP contribution in [0.4, 0.5) is 15.8 Å². The Morgan fingerprint density at radius 3 is 2.29 bits per heavy atom. The summed E-state index contributed by atoms with van der Waals surface area (Å²) in [6.07, 6.45) is 0. The molecule has 1 aliphatic heterocycles. The van der Waals surface area contributed by atoms with Crippen LogP contribution < -0.4 is 9.64 Å². The van der Waals surface area contributed by atoms with Crippen LogP contribution in [0.25, 0.3) is 0 Å². The number of halogens is 1. The van der Waals surface area contributed by atoms with E-state index in [4.69, 9.17) is 4.74 Å². The van der Waals surface area contributed by atoms with E-state index in [9.17, 15) is 19.3 Å². The Hall–Kier alpha value is -2.38. The van der Waals surface area contributed by atoms with Crippen LogP contribution in [0.15, 0.2) is 12.1 Å². The summed E-state index contributed by atoms with van der Waals surface area (Å²) in [5.74, 6) is -0.758. The molecule has 0 bridgehead atoms. The summed E-state index contributed by atoms with van der Waals surface area (Å²) in [7, 11) is 1.31. The minimum absolute atomic E-state index is 0.0382. The number of hydrogen-bond acceptors (Lipinski definition) is 5. The van der Waals surface area contributed by atoms with E-state index < -0.39 is 16.2 Å². The van der Waals surface area contributed by atoms with Gasteiger partial charge in [-0.2, -0.15) is 0 Å². The van der Waals surface area contributed by atoms with Crippen LogP contribution in [-0.2, 0) is 4.79 Å². The van der Waals surface area contributed by atoms with Gasteiger partial charge in [-0.1, -0.05) is 20.8 Å². The molecule has 1 aromatic rings. The van der Waals surface area contributed by atoms with E-state index >= 15 is 0 Å². The van der Waals surface area contributed by atoms with Gasteiger partial charge in [-0.15, -0.1) is 0 Å². The Labute approximate surface area is 140 Å². The number of methoxy groups -OCH3 is 1. The molecule has 1 amide bonds. The van der Waals surface area contributed by atoms with Crippen LogP contribution in [-0.4, -0.2) is 49.0 Å². The Bertz CT molecular complexity index is 649. The first-order valence-electron chi connectivity index (χ1n) is 7.71. The molecule has 1 saturated heterocycles. The molecule has 0 spiro atoms. The molecule has 0 atom stereocenters. The van der Waals surface area contributed by atoms with Gasteiger partial charge >= 0.3 is 0 Å². The summed E-state index contributed by atoms with van der Waals surface area (Å²) in [5, 5.41) is 11.2. The zero-order valence-corrected chi connectivity index (χ0v) is 14.3. The second-order valence-electron chi connectivity index (χ2n) is 6.76. The summed E-state index contributed by atoms with van der Waals surface area (Å²) in [5.41, 5.74) is -0.460. The van der Waals surface area contributed by atoms with E-state index in [1.54, 1.807) is 9.80 Å². The summed E-state index contributed by atoms with van der Waals surface area (Å²) in [6.45, 7) is 7.39. The lowest BCUT2D eigenvalue weighted by Gasteiger charge is -2.38. The van der Waals surface area contributed by atoms with Gasteiger partial charge in [0.1, 0.15) is 5.69 Å². The minimum atomic E-state index is -0.769. The molecule has 0 aliphatic carbocycles. The fraction of sp³-hybridized carbons (Fsp3) is 0.562. The standard InChI is InChI=1S/C16H22FN3O4/c1-16(2,3)15(21)19-7-5-18(6-8-19)12-10-14(24-4)11(17)9-13(12)20(22)23/h9-10H,5-8H2,1-4H3. The van der Waals surface area contributed by atoms with E-state index in [2.05, 4.69) is 0 Å². The van der Waals surface area contributed by atoms with Crippen molar-refractivity contribution >= 4 is 17.3 Å². The predicted molar refractivity (Wildman–Crippen MR) is 87.9 cm³/mol. The predicted octanol–water partition coefficient (Wildman–Crippen LogP) is 2.44. The quantitative estimate of drug-likeness (QED) is 0.624. The molecule has 1 aromatic carbocycles. The van der Waals surface area contributed by atoms with E-state index in [0.717, 1.165) is 6.07 Å².